The van der Waals surface area contributed by atoms with E-state index in [0.717, 1.165) is 14.0 Å². The molecule has 1 atom stereocenters. The summed E-state index contributed by atoms with van der Waals surface area (Å²) in [4.78, 5) is 32.1. The van der Waals surface area contributed by atoms with Crippen LogP contribution in [0.5, 0.6) is 0 Å². The highest BCUT2D eigenvalue weighted by atomic mass is 127. The molecule has 3 heterocycles. The molecule has 0 saturated carbocycles. The van der Waals surface area contributed by atoms with Crippen molar-refractivity contribution in [1.29, 1.82) is 0 Å². The second-order valence-corrected chi connectivity index (χ2v) is 9.61. The van der Waals surface area contributed by atoms with Crippen molar-refractivity contribution in [3.8, 4) is 0 Å². The Kier molecular flexibility index (Phi) is 5.84. The van der Waals surface area contributed by atoms with Gasteiger partial charge in [-0.1, -0.05) is 29.5 Å². The number of esters is 1. The van der Waals surface area contributed by atoms with E-state index < -0.39 is 12.0 Å². The molecule has 148 valence electrons. The van der Waals surface area contributed by atoms with Gasteiger partial charge in [0.15, 0.2) is 4.80 Å². The van der Waals surface area contributed by atoms with Crippen LogP contribution in [-0.4, -0.2) is 17.1 Å². The SMILES string of the molecule is CCOC(=O)C1=C(C)N=c2s/c(=C/c3cccc(I)c3)c(=O)n2[C@@H]1c1cccs1. The van der Waals surface area contributed by atoms with Gasteiger partial charge in [-0.15, -0.1) is 11.3 Å². The predicted octanol–water partition coefficient (Wildman–Crippen LogP) is 3.46. The van der Waals surface area contributed by atoms with Crippen LogP contribution < -0.4 is 14.9 Å². The van der Waals surface area contributed by atoms with Crippen LogP contribution in [0, 0.1) is 3.57 Å². The summed E-state index contributed by atoms with van der Waals surface area (Å²) >= 11 is 5.10. The van der Waals surface area contributed by atoms with Gasteiger partial charge in [0, 0.05) is 8.45 Å². The summed E-state index contributed by atoms with van der Waals surface area (Å²) in [6, 6.07) is 11.3. The largest absolute Gasteiger partial charge is 0.463 e. The van der Waals surface area contributed by atoms with Gasteiger partial charge in [0.2, 0.25) is 0 Å². The van der Waals surface area contributed by atoms with E-state index in [1.165, 1.54) is 22.7 Å². The average molecular weight is 536 g/mol. The molecule has 0 unspecified atom stereocenters. The average Bonchev–Trinajstić information content (AvgIpc) is 3.30. The quantitative estimate of drug-likeness (QED) is 0.379. The van der Waals surface area contributed by atoms with Crippen LogP contribution in [0.15, 0.2) is 62.8 Å². The first-order valence-corrected chi connectivity index (χ1v) is 11.8. The van der Waals surface area contributed by atoms with Crippen LogP contribution in [0.4, 0.5) is 0 Å². The van der Waals surface area contributed by atoms with Crippen molar-refractivity contribution in [3.05, 3.63) is 86.7 Å². The fourth-order valence-electron chi connectivity index (χ4n) is 3.26. The van der Waals surface area contributed by atoms with E-state index in [0.29, 0.717) is 20.6 Å². The molecular formula is C21H17IN2O3S2. The van der Waals surface area contributed by atoms with Gasteiger partial charge in [0.25, 0.3) is 5.56 Å². The lowest BCUT2D eigenvalue weighted by molar-refractivity contribution is -0.139. The van der Waals surface area contributed by atoms with Gasteiger partial charge in [-0.2, -0.15) is 0 Å². The molecule has 0 fully saturated rings. The first-order valence-electron chi connectivity index (χ1n) is 8.98. The van der Waals surface area contributed by atoms with Crippen molar-refractivity contribution in [3.63, 3.8) is 0 Å². The summed E-state index contributed by atoms with van der Waals surface area (Å²) in [6.07, 6.45) is 1.88. The molecule has 0 N–H and O–H groups in total. The summed E-state index contributed by atoms with van der Waals surface area (Å²) in [6.45, 7) is 3.83. The topological polar surface area (TPSA) is 60.7 Å². The molecule has 0 aliphatic carbocycles. The normalized spacial score (nSPS) is 16.5. The molecule has 3 aromatic rings. The van der Waals surface area contributed by atoms with Crippen LogP contribution >= 0.6 is 45.3 Å². The number of halogens is 1. The molecule has 0 bridgehead atoms. The molecule has 8 heteroatoms. The molecule has 1 aliphatic heterocycles. The molecule has 1 aromatic carbocycles. The molecule has 0 saturated heterocycles. The second-order valence-electron chi connectivity index (χ2n) is 6.37. The lowest BCUT2D eigenvalue weighted by atomic mass is 10.0. The third kappa shape index (κ3) is 3.88. The van der Waals surface area contributed by atoms with E-state index in [4.69, 9.17) is 4.74 Å². The number of ether oxygens (including phenoxy) is 1. The third-order valence-electron chi connectivity index (χ3n) is 4.48. The van der Waals surface area contributed by atoms with Gasteiger partial charge >= 0.3 is 5.97 Å². The van der Waals surface area contributed by atoms with Crippen molar-refractivity contribution < 1.29 is 9.53 Å². The summed E-state index contributed by atoms with van der Waals surface area (Å²) in [5, 5.41) is 1.94. The maximum absolute atomic E-state index is 13.4. The second kappa shape index (κ2) is 8.37. The molecule has 29 heavy (non-hydrogen) atoms. The lowest BCUT2D eigenvalue weighted by Gasteiger charge is -2.23. The van der Waals surface area contributed by atoms with Gasteiger partial charge in [0.1, 0.15) is 6.04 Å². The molecule has 0 radical (unpaired) electrons. The summed E-state index contributed by atoms with van der Waals surface area (Å²) in [7, 11) is 0. The Morgan fingerprint density at radius 1 is 1.34 bits per heavy atom. The van der Waals surface area contributed by atoms with Crippen molar-refractivity contribution in [2.45, 2.75) is 19.9 Å². The van der Waals surface area contributed by atoms with Crippen LogP contribution in [0.2, 0.25) is 0 Å². The zero-order chi connectivity index (χ0) is 20.5. The Morgan fingerprint density at radius 3 is 2.86 bits per heavy atom. The standard InChI is InChI=1S/C21H17IN2O3S2/c1-3-27-20(26)17-12(2)23-21-24(18(17)15-8-5-9-28-15)19(25)16(29-21)11-13-6-4-7-14(22)10-13/h4-11,18H,3H2,1-2H3/b16-11+/t18-/m1/s1. The van der Waals surface area contributed by atoms with E-state index in [2.05, 4.69) is 27.6 Å². The first kappa shape index (κ1) is 20.2. The van der Waals surface area contributed by atoms with Gasteiger partial charge in [-0.05, 0) is 71.7 Å². The summed E-state index contributed by atoms with van der Waals surface area (Å²) in [5.41, 5.74) is 1.81. The maximum Gasteiger partial charge on any atom is 0.338 e. The van der Waals surface area contributed by atoms with Gasteiger partial charge in [-0.25, -0.2) is 9.79 Å². The summed E-state index contributed by atoms with van der Waals surface area (Å²) in [5.74, 6) is -0.431. The minimum atomic E-state index is -0.525. The zero-order valence-electron chi connectivity index (χ0n) is 15.7. The Hall–Kier alpha value is -2.04. The monoisotopic (exact) mass is 536 g/mol. The Morgan fingerprint density at radius 2 is 2.17 bits per heavy atom. The van der Waals surface area contributed by atoms with Crippen LogP contribution in [0.1, 0.15) is 30.3 Å². The van der Waals surface area contributed by atoms with Gasteiger partial charge in [0.05, 0.1) is 22.4 Å². The number of carbonyl (C=O) groups is 1. The minimum absolute atomic E-state index is 0.152. The Bertz CT molecular complexity index is 1290. The van der Waals surface area contributed by atoms with Crippen molar-refractivity contribution in [2.24, 2.45) is 4.99 Å². The number of thiophene rings is 1. The maximum atomic E-state index is 13.4. The summed E-state index contributed by atoms with van der Waals surface area (Å²) < 4.78 is 8.58. The lowest BCUT2D eigenvalue weighted by Crippen LogP contribution is -2.39. The highest BCUT2D eigenvalue weighted by Crippen LogP contribution is 2.33. The first-order chi connectivity index (χ1) is 14.0. The number of aromatic nitrogens is 1. The number of carbonyl (C=O) groups excluding carboxylic acids is 1. The molecule has 4 rings (SSSR count). The van der Waals surface area contributed by atoms with E-state index in [-0.39, 0.29) is 12.2 Å². The van der Waals surface area contributed by atoms with Gasteiger partial charge in [-0.3, -0.25) is 9.36 Å². The van der Waals surface area contributed by atoms with Crippen molar-refractivity contribution in [1.82, 2.24) is 4.57 Å². The molecule has 5 nitrogen and oxygen atoms in total. The van der Waals surface area contributed by atoms with Crippen molar-refractivity contribution in [2.75, 3.05) is 6.61 Å². The number of allylic oxidation sites excluding steroid dienone is 1. The minimum Gasteiger partial charge on any atom is -0.463 e. The molecule has 0 spiro atoms. The Balaban J connectivity index is 1.94. The number of benzene rings is 1. The third-order valence-corrected chi connectivity index (χ3v) is 7.05. The number of hydrogen-bond acceptors (Lipinski definition) is 6. The number of hydrogen-bond donors (Lipinski definition) is 0. The number of fused-ring (bicyclic) bond motifs is 1. The van der Waals surface area contributed by atoms with Crippen molar-refractivity contribution >= 4 is 57.3 Å². The van der Waals surface area contributed by atoms with Gasteiger partial charge < -0.3 is 4.74 Å². The smallest absolute Gasteiger partial charge is 0.338 e. The molecule has 1 aliphatic rings. The highest BCUT2D eigenvalue weighted by molar-refractivity contribution is 14.1. The van der Waals surface area contributed by atoms with Crippen LogP contribution in [0.25, 0.3) is 6.08 Å². The Labute approximate surface area is 188 Å². The number of nitrogens with zero attached hydrogens (tertiary/aromatic N) is 2. The number of rotatable bonds is 4. The number of thiazole rings is 1. The molecular weight excluding hydrogens is 519 g/mol. The van der Waals surface area contributed by atoms with Crippen LogP contribution in [-0.2, 0) is 9.53 Å². The fraction of sp³-hybridized carbons (Fsp3) is 0.190. The van der Waals surface area contributed by atoms with Crippen LogP contribution in [0.3, 0.4) is 0 Å². The van der Waals surface area contributed by atoms with E-state index in [9.17, 15) is 9.59 Å². The van der Waals surface area contributed by atoms with E-state index in [1.54, 1.807) is 18.4 Å². The fourth-order valence-corrected chi connectivity index (χ4v) is 5.69. The predicted molar refractivity (Wildman–Crippen MR) is 124 cm³/mol. The highest BCUT2D eigenvalue weighted by Gasteiger charge is 2.33. The molecule has 2 aromatic heterocycles. The zero-order valence-corrected chi connectivity index (χ0v) is 19.5. The van der Waals surface area contributed by atoms with E-state index >= 15 is 0 Å². The molecule has 0 amide bonds. The van der Waals surface area contributed by atoms with E-state index in [1.807, 2.05) is 47.9 Å².